The summed E-state index contributed by atoms with van der Waals surface area (Å²) in [6.07, 6.45) is 12.7. The minimum absolute atomic E-state index is 0.0982. The van der Waals surface area contributed by atoms with Gasteiger partial charge in [-0.15, -0.1) is 0 Å². The van der Waals surface area contributed by atoms with Crippen LogP contribution >= 0.6 is 0 Å². The molecule has 1 saturated heterocycles. The van der Waals surface area contributed by atoms with Crippen LogP contribution in [-0.4, -0.2) is 99.5 Å². The Morgan fingerprint density at radius 2 is 1.24 bits per heavy atom. The highest BCUT2D eigenvalue weighted by Gasteiger charge is 2.45. The summed E-state index contributed by atoms with van der Waals surface area (Å²) in [4.78, 5) is 25.8. The molecule has 0 aromatic heterocycles. The number of aliphatic hydroxyl groups is 5. The van der Waals surface area contributed by atoms with Crippen LogP contribution in [0.1, 0.15) is 165 Å². The predicted molar refractivity (Wildman–Crippen MR) is 242 cm³/mol. The molecule has 1 aliphatic rings. The number of aryl methyl sites for hydroxylation is 2. The van der Waals surface area contributed by atoms with Crippen molar-refractivity contribution in [2.24, 2.45) is 0 Å². The maximum atomic E-state index is 13.4. The van der Waals surface area contributed by atoms with Crippen LogP contribution in [0.15, 0.2) is 42.5 Å². The zero-order chi connectivity index (χ0) is 45.8. The summed E-state index contributed by atoms with van der Waals surface area (Å²) >= 11 is 0. The highest BCUT2D eigenvalue weighted by molar-refractivity contribution is 5.78. The molecule has 3 rings (SSSR count). The van der Waals surface area contributed by atoms with Gasteiger partial charge in [0.25, 0.3) is 0 Å². The van der Waals surface area contributed by atoms with Crippen molar-refractivity contribution in [2.75, 3.05) is 13.2 Å². The SMILES string of the molecule is CCCCCCCCCCCCCC[C@@H](O)[C@@H](O)[C@H](CO[C@H]1OC(CNC(=O)Cc2ccc(C)cc2)[C@H](O)[C@H](O)C1O)NC(=O)CCCCCCCCCCc1ccc(F)c(F)c1. The number of carbonyl (C=O) groups is 2. The summed E-state index contributed by atoms with van der Waals surface area (Å²) in [6.45, 7) is 3.64. The summed E-state index contributed by atoms with van der Waals surface area (Å²) in [5, 5.41) is 60.0. The molecule has 0 spiro atoms. The van der Waals surface area contributed by atoms with Gasteiger partial charge in [-0.2, -0.15) is 0 Å². The molecule has 13 heteroatoms. The van der Waals surface area contributed by atoms with Gasteiger partial charge >= 0.3 is 0 Å². The Kier molecular flexibility index (Phi) is 27.4. The third kappa shape index (κ3) is 22.1. The lowest BCUT2D eigenvalue weighted by molar-refractivity contribution is -0.297. The Morgan fingerprint density at radius 3 is 1.84 bits per heavy atom. The predicted octanol–water partition coefficient (Wildman–Crippen LogP) is 7.81. The van der Waals surface area contributed by atoms with Crippen molar-refractivity contribution in [3.8, 4) is 0 Å². The van der Waals surface area contributed by atoms with Crippen LogP contribution in [-0.2, 0) is 31.9 Å². The summed E-state index contributed by atoms with van der Waals surface area (Å²) < 4.78 is 38.3. The van der Waals surface area contributed by atoms with Gasteiger partial charge in [0.15, 0.2) is 17.9 Å². The molecule has 0 saturated carbocycles. The fourth-order valence-corrected chi connectivity index (χ4v) is 8.10. The first-order valence-corrected chi connectivity index (χ1v) is 24.1. The number of ether oxygens (including phenoxy) is 2. The molecule has 8 atom stereocenters. The van der Waals surface area contributed by atoms with Gasteiger partial charge in [-0.05, 0) is 55.9 Å². The number of carbonyl (C=O) groups excluding carboxylic acids is 2. The lowest BCUT2D eigenvalue weighted by atomic mass is 9.98. The minimum Gasteiger partial charge on any atom is -0.390 e. The number of aliphatic hydroxyl groups excluding tert-OH is 5. The molecule has 1 fully saturated rings. The van der Waals surface area contributed by atoms with Crippen molar-refractivity contribution < 1.29 is 53.4 Å². The van der Waals surface area contributed by atoms with Gasteiger partial charge in [-0.3, -0.25) is 9.59 Å². The first-order chi connectivity index (χ1) is 30.4. The summed E-state index contributed by atoms with van der Waals surface area (Å²) in [5.74, 6) is -2.30. The van der Waals surface area contributed by atoms with E-state index in [9.17, 15) is 43.9 Å². The van der Waals surface area contributed by atoms with Crippen molar-refractivity contribution in [2.45, 2.75) is 217 Å². The number of amides is 2. The highest BCUT2D eigenvalue weighted by Crippen LogP contribution is 2.23. The van der Waals surface area contributed by atoms with Gasteiger partial charge in [-0.1, -0.05) is 158 Å². The van der Waals surface area contributed by atoms with Gasteiger partial charge in [0.2, 0.25) is 11.8 Å². The molecule has 0 aliphatic carbocycles. The van der Waals surface area contributed by atoms with E-state index in [4.69, 9.17) is 9.47 Å². The van der Waals surface area contributed by atoms with Gasteiger partial charge in [0.05, 0.1) is 25.2 Å². The Labute approximate surface area is 375 Å². The number of hydrogen-bond acceptors (Lipinski definition) is 9. The number of benzene rings is 2. The lowest BCUT2D eigenvalue weighted by Crippen LogP contribution is -2.61. The standard InChI is InChI=1S/C50H80F2N2O9/c1-3-4-5-6-7-8-9-10-11-15-18-21-24-42(55)46(58)41(54-44(56)25-22-19-16-13-12-14-17-20-23-37-30-31-39(51)40(52)32-37)35-62-50-49(61)48(60)47(59)43(63-50)34-53-45(57)33-38-28-26-36(2)27-29-38/h26-32,41-43,46-50,55,58-61H,3-25,33-35H2,1-2H3,(H,53,57)(H,54,56)/t41-,42+,43?,46-,47-,48-,49?,50-/m0/s1. The van der Waals surface area contributed by atoms with Crippen LogP contribution in [0.5, 0.6) is 0 Å². The molecule has 2 unspecified atom stereocenters. The summed E-state index contributed by atoms with van der Waals surface area (Å²) in [5.41, 5.74) is 2.66. The molecule has 1 aliphatic heterocycles. The third-order valence-corrected chi connectivity index (χ3v) is 12.2. The molecule has 2 aromatic carbocycles. The second-order valence-electron chi connectivity index (χ2n) is 17.8. The molecule has 63 heavy (non-hydrogen) atoms. The van der Waals surface area contributed by atoms with E-state index in [-0.39, 0.29) is 37.8 Å². The van der Waals surface area contributed by atoms with Crippen LogP contribution in [0.25, 0.3) is 0 Å². The van der Waals surface area contributed by atoms with Crippen molar-refractivity contribution in [3.63, 3.8) is 0 Å². The van der Waals surface area contributed by atoms with E-state index < -0.39 is 60.6 Å². The molecule has 1 heterocycles. The molecule has 2 amide bonds. The van der Waals surface area contributed by atoms with Crippen LogP contribution in [0.3, 0.4) is 0 Å². The first-order valence-electron chi connectivity index (χ1n) is 24.1. The van der Waals surface area contributed by atoms with E-state index in [0.29, 0.717) is 25.7 Å². The molecule has 2 aromatic rings. The third-order valence-electron chi connectivity index (χ3n) is 12.2. The number of halogens is 2. The van der Waals surface area contributed by atoms with E-state index in [1.807, 2.05) is 31.2 Å². The second-order valence-corrected chi connectivity index (χ2v) is 17.8. The zero-order valence-corrected chi connectivity index (χ0v) is 38.2. The van der Waals surface area contributed by atoms with Crippen LogP contribution < -0.4 is 10.6 Å². The summed E-state index contributed by atoms with van der Waals surface area (Å²) in [6, 6.07) is 10.5. The molecular weight excluding hydrogens is 811 g/mol. The maximum absolute atomic E-state index is 13.4. The smallest absolute Gasteiger partial charge is 0.224 e. The Balaban J connectivity index is 1.45. The fourth-order valence-electron chi connectivity index (χ4n) is 8.10. The number of nitrogens with one attached hydrogen (secondary N) is 2. The van der Waals surface area contributed by atoms with Gasteiger partial charge in [0, 0.05) is 13.0 Å². The maximum Gasteiger partial charge on any atom is 0.224 e. The Morgan fingerprint density at radius 1 is 0.683 bits per heavy atom. The van der Waals surface area contributed by atoms with E-state index in [2.05, 4.69) is 17.6 Å². The van der Waals surface area contributed by atoms with Crippen molar-refractivity contribution in [3.05, 3.63) is 70.8 Å². The summed E-state index contributed by atoms with van der Waals surface area (Å²) in [7, 11) is 0. The zero-order valence-electron chi connectivity index (χ0n) is 38.2. The average molecular weight is 891 g/mol. The largest absolute Gasteiger partial charge is 0.390 e. The van der Waals surface area contributed by atoms with Crippen molar-refractivity contribution in [1.82, 2.24) is 10.6 Å². The molecular formula is C50H80F2N2O9. The van der Waals surface area contributed by atoms with E-state index in [1.54, 1.807) is 6.07 Å². The first kappa shape index (κ1) is 54.3. The fraction of sp³-hybridized carbons (Fsp3) is 0.720. The van der Waals surface area contributed by atoms with Crippen molar-refractivity contribution >= 4 is 11.8 Å². The normalized spacial score (nSPS) is 20.3. The number of rotatable bonds is 34. The van der Waals surface area contributed by atoms with E-state index >= 15 is 0 Å². The van der Waals surface area contributed by atoms with Crippen LogP contribution in [0.2, 0.25) is 0 Å². The van der Waals surface area contributed by atoms with Gasteiger partial charge in [0.1, 0.15) is 30.5 Å². The minimum atomic E-state index is -1.67. The van der Waals surface area contributed by atoms with Crippen LogP contribution in [0, 0.1) is 18.6 Å². The Bertz CT molecular complexity index is 1540. The number of unbranched alkanes of at least 4 members (excludes halogenated alkanes) is 18. The quantitative estimate of drug-likeness (QED) is 0.0346. The lowest BCUT2D eigenvalue weighted by Gasteiger charge is -2.41. The van der Waals surface area contributed by atoms with E-state index in [1.165, 1.54) is 57.4 Å². The van der Waals surface area contributed by atoms with Gasteiger partial charge in [-0.25, -0.2) is 8.78 Å². The van der Waals surface area contributed by atoms with E-state index in [0.717, 1.165) is 87.0 Å². The Hall–Kier alpha value is -3.04. The second kappa shape index (κ2) is 31.8. The molecule has 0 radical (unpaired) electrons. The number of hydrogen-bond donors (Lipinski definition) is 7. The molecule has 11 nitrogen and oxygen atoms in total. The monoisotopic (exact) mass is 891 g/mol. The molecule has 0 bridgehead atoms. The topological polar surface area (TPSA) is 178 Å². The highest BCUT2D eigenvalue weighted by atomic mass is 19.2. The van der Waals surface area contributed by atoms with Crippen LogP contribution in [0.4, 0.5) is 8.78 Å². The molecule has 358 valence electrons. The van der Waals surface area contributed by atoms with Crippen molar-refractivity contribution in [1.29, 1.82) is 0 Å². The van der Waals surface area contributed by atoms with Gasteiger partial charge < -0.3 is 45.6 Å². The average Bonchev–Trinajstić information content (AvgIpc) is 3.27. The molecule has 7 N–H and O–H groups in total.